The van der Waals surface area contributed by atoms with Gasteiger partial charge in [0.1, 0.15) is 11.5 Å². The third-order valence-corrected chi connectivity index (χ3v) is 7.13. The summed E-state index contributed by atoms with van der Waals surface area (Å²) < 4.78 is 11.6. The molecule has 4 aromatic carbocycles. The van der Waals surface area contributed by atoms with E-state index in [4.69, 9.17) is 9.47 Å². The van der Waals surface area contributed by atoms with Crippen LogP contribution in [0.25, 0.3) is 11.1 Å². The second-order valence-corrected chi connectivity index (χ2v) is 9.22. The Morgan fingerprint density at radius 2 is 0.939 bits per heavy atom. The monoisotopic (exact) mass is 434 g/mol. The largest absolute Gasteiger partial charge is 0.496 e. The predicted octanol–water partition coefficient (Wildman–Crippen LogP) is 7.30. The SMILES string of the molecule is COc1cc(C2(c3ccc(C)c(OC)c3)c3cc(C)ccc3-c3ccc(C)cc32)ccc1C. The van der Waals surface area contributed by atoms with Gasteiger partial charge in [-0.3, -0.25) is 0 Å². The van der Waals surface area contributed by atoms with Gasteiger partial charge >= 0.3 is 0 Å². The highest BCUT2D eigenvalue weighted by Gasteiger charge is 2.46. The van der Waals surface area contributed by atoms with Crippen LogP contribution in [0.2, 0.25) is 0 Å². The topological polar surface area (TPSA) is 18.5 Å². The van der Waals surface area contributed by atoms with E-state index in [0.717, 1.165) is 22.6 Å². The van der Waals surface area contributed by atoms with E-state index in [-0.39, 0.29) is 0 Å². The molecule has 1 aliphatic carbocycles. The maximum absolute atomic E-state index is 5.79. The van der Waals surface area contributed by atoms with Crippen molar-refractivity contribution in [2.24, 2.45) is 0 Å². The molecule has 0 heterocycles. The van der Waals surface area contributed by atoms with E-state index in [0.29, 0.717) is 0 Å². The van der Waals surface area contributed by atoms with E-state index in [1.165, 1.54) is 44.5 Å². The Labute approximate surface area is 196 Å². The molecule has 166 valence electrons. The first kappa shape index (κ1) is 21.3. The van der Waals surface area contributed by atoms with Crippen LogP contribution in [-0.4, -0.2) is 14.2 Å². The van der Waals surface area contributed by atoms with Gasteiger partial charge in [0.15, 0.2) is 0 Å². The number of fused-ring (bicyclic) bond motifs is 3. The number of hydrogen-bond acceptors (Lipinski definition) is 2. The molecule has 2 heteroatoms. The lowest BCUT2D eigenvalue weighted by molar-refractivity contribution is 0.409. The zero-order chi connectivity index (χ0) is 23.3. The molecule has 0 aromatic heterocycles. The van der Waals surface area contributed by atoms with Crippen molar-refractivity contribution < 1.29 is 9.47 Å². The molecule has 2 nitrogen and oxygen atoms in total. The highest BCUT2D eigenvalue weighted by Crippen LogP contribution is 2.57. The average Bonchev–Trinajstić information content (AvgIpc) is 3.09. The predicted molar refractivity (Wildman–Crippen MR) is 136 cm³/mol. The number of rotatable bonds is 4. The van der Waals surface area contributed by atoms with Gasteiger partial charge in [0.2, 0.25) is 0 Å². The van der Waals surface area contributed by atoms with Gasteiger partial charge in [-0.1, -0.05) is 71.8 Å². The Morgan fingerprint density at radius 1 is 0.515 bits per heavy atom. The Balaban J connectivity index is 1.98. The summed E-state index contributed by atoms with van der Waals surface area (Å²) in [6.07, 6.45) is 0. The van der Waals surface area contributed by atoms with Crippen LogP contribution < -0.4 is 9.47 Å². The van der Waals surface area contributed by atoms with Crippen molar-refractivity contribution >= 4 is 0 Å². The van der Waals surface area contributed by atoms with Gasteiger partial charge in [-0.15, -0.1) is 0 Å². The second-order valence-electron chi connectivity index (χ2n) is 9.22. The minimum Gasteiger partial charge on any atom is -0.496 e. The van der Waals surface area contributed by atoms with E-state index in [2.05, 4.69) is 100 Å². The van der Waals surface area contributed by atoms with Crippen molar-refractivity contribution in [3.05, 3.63) is 117 Å². The summed E-state index contributed by atoms with van der Waals surface area (Å²) in [5.74, 6) is 1.81. The van der Waals surface area contributed by atoms with Crippen molar-refractivity contribution in [3.63, 3.8) is 0 Å². The van der Waals surface area contributed by atoms with Gasteiger partial charge in [-0.05, 0) is 84.3 Å². The molecule has 0 N–H and O–H groups in total. The number of benzene rings is 4. The summed E-state index contributed by atoms with van der Waals surface area (Å²) in [4.78, 5) is 0. The van der Waals surface area contributed by atoms with E-state index in [9.17, 15) is 0 Å². The zero-order valence-corrected chi connectivity index (χ0v) is 20.2. The summed E-state index contributed by atoms with van der Waals surface area (Å²) >= 11 is 0. The first-order valence-corrected chi connectivity index (χ1v) is 11.4. The van der Waals surface area contributed by atoms with Gasteiger partial charge < -0.3 is 9.47 Å². The van der Waals surface area contributed by atoms with Crippen LogP contribution in [0.5, 0.6) is 11.5 Å². The molecule has 1 aliphatic rings. The fourth-order valence-corrected chi connectivity index (χ4v) is 5.45. The van der Waals surface area contributed by atoms with Crippen LogP contribution in [0.3, 0.4) is 0 Å². The van der Waals surface area contributed by atoms with Crippen LogP contribution in [0.1, 0.15) is 44.5 Å². The number of methoxy groups -OCH3 is 2. The molecule has 0 atom stereocenters. The lowest BCUT2D eigenvalue weighted by Crippen LogP contribution is -2.29. The standard InChI is InChI=1S/C31H30O2/c1-19-7-13-25-26-14-8-20(2)16-28(26)31(27(25)15-19,23-11-9-21(3)29(17-23)32-5)24-12-10-22(4)30(18-24)33-6/h7-18H,1-6H3. The summed E-state index contributed by atoms with van der Waals surface area (Å²) in [6, 6.07) is 27.0. The van der Waals surface area contributed by atoms with Crippen LogP contribution in [0.4, 0.5) is 0 Å². The fourth-order valence-electron chi connectivity index (χ4n) is 5.45. The molecule has 0 amide bonds. The Bertz CT molecular complexity index is 1270. The maximum atomic E-state index is 5.79. The molecule has 0 saturated heterocycles. The number of aryl methyl sites for hydroxylation is 4. The smallest absolute Gasteiger partial charge is 0.122 e. The maximum Gasteiger partial charge on any atom is 0.122 e. The molecule has 0 bridgehead atoms. The van der Waals surface area contributed by atoms with Crippen LogP contribution in [0.15, 0.2) is 72.8 Å². The van der Waals surface area contributed by atoms with Crippen molar-refractivity contribution in [2.75, 3.05) is 14.2 Å². The summed E-state index contributed by atoms with van der Waals surface area (Å²) in [6.45, 7) is 8.53. The molecule has 33 heavy (non-hydrogen) atoms. The molecule has 0 fully saturated rings. The van der Waals surface area contributed by atoms with E-state index >= 15 is 0 Å². The van der Waals surface area contributed by atoms with Gasteiger partial charge in [0.25, 0.3) is 0 Å². The lowest BCUT2D eigenvalue weighted by Gasteiger charge is -2.35. The Hall–Kier alpha value is -3.52. The molecular formula is C31H30O2. The van der Waals surface area contributed by atoms with Crippen LogP contribution >= 0.6 is 0 Å². The quantitative estimate of drug-likeness (QED) is 0.295. The second kappa shape index (κ2) is 7.81. The van der Waals surface area contributed by atoms with Crippen molar-refractivity contribution in [1.29, 1.82) is 0 Å². The Morgan fingerprint density at radius 3 is 1.33 bits per heavy atom. The summed E-state index contributed by atoms with van der Waals surface area (Å²) in [5.41, 5.74) is 11.9. The highest BCUT2D eigenvalue weighted by atomic mass is 16.5. The Kier molecular flexibility index (Phi) is 5.05. The minimum atomic E-state index is -0.468. The zero-order valence-electron chi connectivity index (χ0n) is 20.2. The fraction of sp³-hybridized carbons (Fsp3) is 0.226. The average molecular weight is 435 g/mol. The van der Waals surface area contributed by atoms with Gasteiger partial charge in [0, 0.05) is 0 Å². The summed E-state index contributed by atoms with van der Waals surface area (Å²) in [5, 5.41) is 0. The molecule has 0 unspecified atom stereocenters. The molecule has 0 aliphatic heterocycles. The van der Waals surface area contributed by atoms with Gasteiger partial charge in [0.05, 0.1) is 19.6 Å². The first-order valence-electron chi connectivity index (χ1n) is 11.4. The third kappa shape index (κ3) is 3.08. The lowest BCUT2D eigenvalue weighted by atomic mass is 9.67. The van der Waals surface area contributed by atoms with Crippen LogP contribution in [0, 0.1) is 27.7 Å². The van der Waals surface area contributed by atoms with Crippen LogP contribution in [-0.2, 0) is 5.41 Å². The highest BCUT2D eigenvalue weighted by molar-refractivity contribution is 5.87. The minimum absolute atomic E-state index is 0.468. The van der Waals surface area contributed by atoms with E-state index in [1.807, 2.05) is 0 Å². The molecular weight excluding hydrogens is 404 g/mol. The van der Waals surface area contributed by atoms with E-state index in [1.54, 1.807) is 14.2 Å². The number of ether oxygens (including phenoxy) is 2. The molecule has 0 saturated carbocycles. The van der Waals surface area contributed by atoms with E-state index < -0.39 is 5.41 Å². The molecule has 0 radical (unpaired) electrons. The van der Waals surface area contributed by atoms with Crippen molar-refractivity contribution in [3.8, 4) is 22.6 Å². The third-order valence-electron chi connectivity index (χ3n) is 7.13. The first-order chi connectivity index (χ1) is 15.9. The van der Waals surface area contributed by atoms with Crippen molar-refractivity contribution in [2.45, 2.75) is 33.1 Å². The number of hydrogen-bond donors (Lipinski definition) is 0. The van der Waals surface area contributed by atoms with Gasteiger partial charge in [-0.25, -0.2) is 0 Å². The molecule has 0 spiro atoms. The summed E-state index contributed by atoms with van der Waals surface area (Å²) in [7, 11) is 3.50. The normalized spacial score (nSPS) is 13.4. The molecule has 5 rings (SSSR count). The van der Waals surface area contributed by atoms with Crippen molar-refractivity contribution in [1.82, 2.24) is 0 Å². The van der Waals surface area contributed by atoms with Gasteiger partial charge in [-0.2, -0.15) is 0 Å². The molecule has 4 aromatic rings.